The number of carbonyl (C=O) groups is 3. The van der Waals surface area contributed by atoms with Crippen molar-refractivity contribution in [3.8, 4) is 0 Å². The van der Waals surface area contributed by atoms with Crippen molar-refractivity contribution in [3.63, 3.8) is 0 Å². The lowest BCUT2D eigenvalue weighted by Gasteiger charge is -2.55. The van der Waals surface area contributed by atoms with Crippen molar-refractivity contribution in [2.45, 2.75) is 58.4 Å². The minimum atomic E-state index is -0.695. The lowest BCUT2D eigenvalue weighted by Crippen LogP contribution is -2.59. The third-order valence-corrected chi connectivity index (χ3v) is 6.95. The van der Waals surface area contributed by atoms with Crippen LogP contribution in [0.2, 0.25) is 0 Å². The Balaban J connectivity index is 1.38. The summed E-state index contributed by atoms with van der Waals surface area (Å²) in [6, 6.07) is 4.28. The van der Waals surface area contributed by atoms with E-state index in [-0.39, 0.29) is 22.9 Å². The molecule has 4 aliphatic carbocycles. The van der Waals surface area contributed by atoms with Crippen molar-refractivity contribution >= 4 is 17.7 Å². The molecule has 4 fully saturated rings. The summed E-state index contributed by atoms with van der Waals surface area (Å²) < 4.78 is 0. The van der Waals surface area contributed by atoms with Gasteiger partial charge in [0.05, 0.1) is 0 Å². The van der Waals surface area contributed by atoms with Crippen LogP contribution in [0.5, 0.6) is 0 Å². The number of hydrogen-bond acceptors (Lipinski definition) is 4. The van der Waals surface area contributed by atoms with E-state index < -0.39 is 17.9 Å². The number of amides is 3. The zero-order chi connectivity index (χ0) is 20.6. The molecule has 4 bridgehead atoms. The highest BCUT2D eigenvalue weighted by atomic mass is 16.2. The van der Waals surface area contributed by atoms with E-state index in [0.29, 0.717) is 17.8 Å². The van der Waals surface area contributed by atoms with Crippen LogP contribution in [0.25, 0.3) is 0 Å². The third-order valence-electron chi connectivity index (χ3n) is 6.95. The van der Waals surface area contributed by atoms with Gasteiger partial charge in [0, 0.05) is 11.6 Å². The van der Waals surface area contributed by atoms with Gasteiger partial charge >= 0.3 is 0 Å². The summed E-state index contributed by atoms with van der Waals surface area (Å²) >= 11 is 0. The maximum Gasteiger partial charge on any atom is 0.288 e. The van der Waals surface area contributed by atoms with Crippen molar-refractivity contribution < 1.29 is 14.4 Å². The first-order chi connectivity index (χ1) is 13.9. The lowest BCUT2D eigenvalue weighted by atomic mass is 9.49. The van der Waals surface area contributed by atoms with Gasteiger partial charge in [-0.2, -0.15) is 0 Å². The van der Waals surface area contributed by atoms with Crippen molar-refractivity contribution in [1.82, 2.24) is 21.2 Å². The number of nitrogens with zero attached hydrogens (tertiary/aromatic N) is 1. The van der Waals surface area contributed by atoms with Gasteiger partial charge in [-0.3, -0.25) is 30.2 Å². The first kappa shape index (κ1) is 19.9. The molecule has 3 amide bonds. The topological polar surface area (TPSA) is 100 Å². The monoisotopic (exact) mass is 398 g/mol. The van der Waals surface area contributed by atoms with Gasteiger partial charge < -0.3 is 5.32 Å². The second kappa shape index (κ2) is 7.76. The summed E-state index contributed by atoms with van der Waals surface area (Å²) in [6.45, 7) is 3.79. The van der Waals surface area contributed by atoms with Crippen LogP contribution in [0.15, 0.2) is 24.4 Å². The first-order valence-corrected chi connectivity index (χ1v) is 10.7. The molecule has 29 heavy (non-hydrogen) atoms. The van der Waals surface area contributed by atoms with Crippen LogP contribution >= 0.6 is 0 Å². The largest absolute Gasteiger partial charge is 0.344 e. The number of aromatic nitrogens is 1. The molecule has 1 heterocycles. The van der Waals surface area contributed by atoms with Crippen LogP contribution in [0, 0.1) is 29.1 Å². The van der Waals surface area contributed by atoms with Gasteiger partial charge in [0.1, 0.15) is 11.7 Å². The van der Waals surface area contributed by atoms with Crippen molar-refractivity contribution in [1.29, 1.82) is 0 Å². The zero-order valence-corrected chi connectivity index (χ0v) is 17.1. The van der Waals surface area contributed by atoms with E-state index in [1.54, 1.807) is 18.2 Å². The minimum absolute atomic E-state index is 0.0153. The maximum absolute atomic E-state index is 13.3. The smallest absolute Gasteiger partial charge is 0.288 e. The molecule has 5 rings (SSSR count). The van der Waals surface area contributed by atoms with Crippen molar-refractivity contribution in [2.24, 2.45) is 29.1 Å². The van der Waals surface area contributed by atoms with E-state index in [2.05, 4.69) is 21.2 Å². The van der Waals surface area contributed by atoms with Gasteiger partial charge in [-0.15, -0.1) is 0 Å². The van der Waals surface area contributed by atoms with Gasteiger partial charge in [0.15, 0.2) is 0 Å². The molecule has 7 heteroatoms. The van der Waals surface area contributed by atoms with Gasteiger partial charge in [-0.25, -0.2) is 0 Å². The Morgan fingerprint density at radius 2 is 1.62 bits per heavy atom. The van der Waals surface area contributed by atoms with E-state index in [9.17, 15) is 14.4 Å². The normalized spacial score (nSPS) is 30.7. The van der Waals surface area contributed by atoms with E-state index in [1.165, 1.54) is 25.5 Å². The molecule has 7 nitrogen and oxygen atoms in total. The molecule has 0 spiro atoms. The number of hydrazine groups is 1. The number of pyridine rings is 1. The summed E-state index contributed by atoms with van der Waals surface area (Å²) in [5.74, 6) is 1.00. The summed E-state index contributed by atoms with van der Waals surface area (Å²) in [5, 5.41) is 3.02. The molecular formula is C22H30N4O3. The quantitative estimate of drug-likeness (QED) is 0.662. The molecule has 4 aliphatic rings. The summed E-state index contributed by atoms with van der Waals surface area (Å²) in [5.41, 5.74) is 4.75. The van der Waals surface area contributed by atoms with Crippen LogP contribution in [0.3, 0.4) is 0 Å². The second-order valence-electron chi connectivity index (χ2n) is 9.55. The Labute approximate surface area is 171 Å². The highest BCUT2D eigenvalue weighted by Crippen LogP contribution is 2.60. The summed E-state index contributed by atoms with van der Waals surface area (Å²) in [7, 11) is 0. The van der Waals surface area contributed by atoms with Crippen LogP contribution < -0.4 is 16.2 Å². The molecule has 4 saturated carbocycles. The Morgan fingerprint density at radius 3 is 2.14 bits per heavy atom. The van der Waals surface area contributed by atoms with E-state index >= 15 is 0 Å². The number of hydrogen-bond donors (Lipinski definition) is 3. The molecule has 1 aromatic rings. The highest BCUT2D eigenvalue weighted by molar-refractivity contribution is 5.95. The molecule has 156 valence electrons. The third kappa shape index (κ3) is 4.00. The lowest BCUT2D eigenvalue weighted by molar-refractivity contribution is -0.149. The van der Waals surface area contributed by atoms with E-state index in [1.807, 2.05) is 13.8 Å². The molecule has 0 saturated heterocycles. The fourth-order valence-corrected chi connectivity index (χ4v) is 5.98. The van der Waals surface area contributed by atoms with Crippen molar-refractivity contribution in [2.75, 3.05) is 0 Å². The van der Waals surface area contributed by atoms with Gasteiger partial charge in [-0.05, 0) is 74.3 Å². The molecule has 0 aromatic carbocycles. The zero-order valence-electron chi connectivity index (χ0n) is 17.1. The van der Waals surface area contributed by atoms with Crippen LogP contribution in [0.1, 0.15) is 62.9 Å². The fourth-order valence-electron chi connectivity index (χ4n) is 5.98. The molecule has 1 atom stereocenters. The maximum atomic E-state index is 13.3. The molecule has 3 N–H and O–H groups in total. The molecule has 1 aromatic heterocycles. The number of carbonyl (C=O) groups excluding carboxylic acids is 3. The van der Waals surface area contributed by atoms with Gasteiger partial charge in [-0.1, -0.05) is 19.9 Å². The predicted molar refractivity (Wildman–Crippen MR) is 107 cm³/mol. The van der Waals surface area contributed by atoms with Crippen LogP contribution in [-0.2, 0) is 9.59 Å². The number of rotatable bonds is 5. The Hall–Kier alpha value is -2.44. The van der Waals surface area contributed by atoms with Crippen molar-refractivity contribution in [3.05, 3.63) is 30.1 Å². The predicted octanol–water partition coefficient (Wildman–Crippen LogP) is 2.20. The number of nitrogens with one attached hydrogen (secondary N) is 3. The Kier molecular flexibility index (Phi) is 5.32. The Morgan fingerprint density at radius 1 is 1.00 bits per heavy atom. The highest BCUT2D eigenvalue weighted by Gasteiger charge is 2.55. The average molecular weight is 399 g/mol. The standard InChI is InChI=1S/C22H30N4O3/c1-13(2)18(20(28)26-25-19(27)17-5-3-4-6-23-17)24-21(29)22-10-14-7-15(11-22)9-16(8-14)12-22/h3-6,13-16,18H,7-12H2,1-2H3,(H,24,29)(H,25,27)(H,26,28)/t14?,15?,16?,18-,22?/m0/s1. The SMILES string of the molecule is CC(C)[C@H](NC(=O)C12CC3CC(CC(C3)C1)C2)C(=O)NNC(=O)c1ccccn1. The van der Waals surface area contributed by atoms with Crippen LogP contribution in [-0.4, -0.2) is 28.7 Å². The van der Waals surface area contributed by atoms with Gasteiger partial charge in [0.2, 0.25) is 5.91 Å². The second-order valence-corrected chi connectivity index (χ2v) is 9.55. The molecule has 0 unspecified atom stereocenters. The van der Waals surface area contributed by atoms with Crippen LogP contribution in [0.4, 0.5) is 0 Å². The summed E-state index contributed by atoms with van der Waals surface area (Å²) in [4.78, 5) is 42.1. The summed E-state index contributed by atoms with van der Waals surface area (Å²) in [6.07, 6.45) is 8.16. The molecule has 0 radical (unpaired) electrons. The Bertz CT molecular complexity index is 757. The average Bonchev–Trinajstić information content (AvgIpc) is 2.69. The first-order valence-electron chi connectivity index (χ1n) is 10.7. The minimum Gasteiger partial charge on any atom is -0.344 e. The fraction of sp³-hybridized carbons (Fsp3) is 0.636. The molecular weight excluding hydrogens is 368 g/mol. The van der Waals surface area contributed by atoms with E-state index in [0.717, 1.165) is 19.3 Å². The molecule has 0 aliphatic heterocycles. The van der Waals surface area contributed by atoms with Gasteiger partial charge in [0.25, 0.3) is 11.8 Å². The van der Waals surface area contributed by atoms with E-state index in [4.69, 9.17) is 0 Å².